The van der Waals surface area contributed by atoms with Crippen molar-refractivity contribution in [3.63, 3.8) is 0 Å². The Morgan fingerprint density at radius 1 is 1.04 bits per heavy atom. The predicted octanol–water partition coefficient (Wildman–Crippen LogP) is 2.29. The average Bonchev–Trinajstić information content (AvgIpc) is 2.87. The second-order valence-corrected chi connectivity index (χ2v) is 6.46. The Bertz CT molecular complexity index is 926. The Morgan fingerprint density at radius 2 is 1.67 bits per heavy atom. The highest BCUT2D eigenvalue weighted by Gasteiger charge is 2.49. The molecule has 0 saturated carbocycles. The third-order valence-corrected chi connectivity index (χ3v) is 4.51. The zero-order valence-electron chi connectivity index (χ0n) is 15.0. The number of Topliss-reactive ketones (excluding diaryl/α,β-unsaturated/α-hetero) is 1. The molecule has 0 aliphatic carbocycles. The van der Waals surface area contributed by atoms with Crippen LogP contribution in [-0.2, 0) is 15.1 Å². The smallest absolute Gasteiger partial charge is 0.324 e. The van der Waals surface area contributed by atoms with Crippen LogP contribution in [0.5, 0.6) is 0 Å². The molecule has 1 aliphatic heterocycles. The van der Waals surface area contributed by atoms with Gasteiger partial charge in [-0.25, -0.2) is 4.79 Å². The van der Waals surface area contributed by atoms with Crippen LogP contribution in [0.4, 0.5) is 10.5 Å². The fourth-order valence-corrected chi connectivity index (χ4v) is 3.04. The molecule has 2 aromatic carbocycles. The van der Waals surface area contributed by atoms with Crippen molar-refractivity contribution in [2.75, 3.05) is 11.9 Å². The molecular formula is C20H19N3O4. The first-order valence-electron chi connectivity index (χ1n) is 8.42. The fraction of sp³-hybridized carbons (Fsp3) is 0.200. The Kier molecular flexibility index (Phi) is 4.77. The van der Waals surface area contributed by atoms with Gasteiger partial charge in [0.15, 0.2) is 5.78 Å². The van der Waals surface area contributed by atoms with Gasteiger partial charge in [0.05, 0.1) is 5.69 Å². The lowest BCUT2D eigenvalue weighted by Crippen LogP contribution is -2.42. The van der Waals surface area contributed by atoms with Gasteiger partial charge in [-0.2, -0.15) is 0 Å². The summed E-state index contributed by atoms with van der Waals surface area (Å²) in [7, 11) is 0. The molecule has 0 aromatic heterocycles. The van der Waals surface area contributed by atoms with E-state index in [1.165, 1.54) is 6.92 Å². The summed E-state index contributed by atoms with van der Waals surface area (Å²) in [5, 5.41) is 5.24. The minimum absolute atomic E-state index is 0.197. The van der Waals surface area contributed by atoms with E-state index < -0.39 is 29.9 Å². The average molecular weight is 365 g/mol. The highest BCUT2D eigenvalue weighted by molar-refractivity contribution is 6.11. The van der Waals surface area contributed by atoms with Crippen LogP contribution in [0.25, 0.3) is 0 Å². The van der Waals surface area contributed by atoms with Gasteiger partial charge in [0, 0.05) is 5.56 Å². The van der Waals surface area contributed by atoms with Gasteiger partial charge in [0.2, 0.25) is 5.91 Å². The number of hydrogen-bond acceptors (Lipinski definition) is 4. The first-order valence-corrected chi connectivity index (χ1v) is 8.42. The standard InChI is InChI=1S/C20H19N3O4/c1-13(24)15-10-6-7-11-16(15)21-17(25)12-23-18(26)20(2,22-19(23)27)14-8-4-3-5-9-14/h3-11H,12H2,1-2H3,(H,21,25)(H,22,27)/t20-/m1/s1. The second-order valence-electron chi connectivity index (χ2n) is 6.46. The summed E-state index contributed by atoms with van der Waals surface area (Å²) in [4.78, 5) is 50.0. The molecule has 0 unspecified atom stereocenters. The summed E-state index contributed by atoms with van der Waals surface area (Å²) in [6.45, 7) is 2.55. The molecule has 0 bridgehead atoms. The molecule has 1 fully saturated rings. The molecule has 1 atom stereocenters. The molecule has 0 spiro atoms. The number of amides is 4. The summed E-state index contributed by atoms with van der Waals surface area (Å²) in [6, 6.07) is 14.8. The monoisotopic (exact) mass is 365 g/mol. The quantitative estimate of drug-likeness (QED) is 0.628. The number of urea groups is 1. The maximum Gasteiger partial charge on any atom is 0.325 e. The summed E-state index contributed by atoms with van der Waals surface area (Å²) in [5.41, 5.74) is 0.105. The first kappa shape index (κ1) is 18.3. The first-order chi connectivity index (χ1) is 12.8. The number of nitrogens with one attached hydrogen (secondary N) is 2. The van der Waals surface area contributed by atoms with Crippen molar-refractivity contribution in [1.29, 1.82) is 0 Å². The van der Waals surface area contributed by atoms with E-state index >= 15 is 0 Å². The van der Waals surface area contributed by atoms with Crippen LogP contribution in [0.2, 0.25) is 0 Å². The van der Waals surface area contributed by atoms with E-state index in [-0.39, 0.29) is 5.78 Å². The number of nitrogens with zero attached hydrogens (tertiary/aromatic N) is 1. The van der Waals surface area contributed by atoms with Crippen molar-refractivity contribution >= 4 is 29.3 Å². The molecule has 2 aromatic rings. The van der Waals surface area contributed by atoms with Gasteiger partial charge in [-0.05, 0) is 31.5 Å². The number of carbonyl (C=O) groups excluding carboxylic acids is 4. The van der Waals surface area contributed by atoms with E-state index in [0.29, 0.717) is 16.8 Å². The molecular weight excluding hydrogens is 346 g/mol. The zero-order valence-corrected chi connectivity index (χ0v) is 15.0. The number of ketones is 1. The molecule has 2 N–H and O–H groups in total. The number of para-hydroxylation sites is 1. The Morgan fingerprint density at radius 3 is 2.33 bits per heavy atom. The van der Waals surface area contributed by atoms with Crippen LogP contribution in [0, 0.1) is 0 Å². The molecule has 7 heteroatoms. The molecule has 1 heterocycles. The third-order valence-electron chi connectivity index (χ3n) is 4.51. The number of carbonyl (C=O) groups is 4. The van der Waals surface area contributed by atoms with Gasteiger partial charge in [-0.1, -0.05) is 42.5 Å². The fourth-order valence-electron chi connectivity index (χ4n) is 3.04. The van der Waals surface area contributed by atoms with Crippen molar-refractivity contribution in [3.8, 4) is 0 Å². The van der Waals surface area contributed by atoms with Crippen molar-refractivity contribution in [3.05, 3.63) is 65.7 Å². The van der Waals surface area contributed by atoms with E-state index in [1.54, 1.807) is 55.5 Å². The predicted molar refractivity (Wildman–Crippen MR) is 99.1 cm³/mol. The van der Waals surface area contributed by atoms with E-state index in [1.807, 2.05) is 6.07 Å². The minimum Gasteiger partial charge on any atom is -0.324 e. The van der Waals surface area contributed by atoms with Crippen molar-refractivity contribution < 1.29 is 19.2 Å². The van der Waals surface area contributed by atoms with E-state index in [4.69, 9.17) is 0 Å². The Hall–Kier alpha value is -3.48. The maximum absolute atomic E-state index is 12.8. The van der Waals surface area contributed by atoms with Crippen molar-refractivity contribution in [1.82, 2.24) is 10.2 Å². The maximum atomic E-state index is 12.8. The molecule has 0 radical (unpaired) electrons. The number of imide groups is 1. The third kappa shape index (κ3) is 3.44. The summed E-state index contributed by atoms with van der Waals surface area (Å²) in [6.07, 6.45) is 0. The van der Waals surface area contributed by atoms with Crippen LogP contribution in [-0.4, -0.2) is 35.1 Å². The highest BCUT2D eigenvalue weighted by Crippen LogP contribution is 2.28. The minimum atomic E-state index is -1.23. The largest absolute Gasteiger partial charge is 0.325 e. The lowest BCUT2D eigenvalue weighted by molar-refractivity contribution is -0.133. The second kappa shape index (κ2) is 7.03. The molecule has 138 valence electrons. The van der Waals surface area contributed by atoms with Gasteiger partial charge in [0.1, 0.15) is 12.1 Å². The molecule has 7 nitrogen and oxygen atoms in total. The summed E-state index contributed by atoms with van der Waals surface area (Å²) >= 11 is 0. The van der Waals surface area contributed by atoms with Crippen LogP contribution in [0.3, 0.4) is 0 Å². The Balaban J connectivity index is 1.76. The lowest BCUT2D eigenvalue weighted by atomic mass is 9.92. The van der Waals surface area contributed by atoms with Gasteiger partial charge in [-0.15, -0.1) is 0 Å². The SMILES string of the molecule is CC(=O)c1ccccc1NC(=O)CN1C(=O)N[C@](C)(c2ccccc2)C1=O. The molecule has 1 saturated heterocycles. The molecule has 4 amide bonds. The van der Waals surface area contributed by atoms with Crippen LogP contribution >= 0.6 is 0 Å². The van der Waals surface area contributed by atoms with Gasteiger partial charge in [-0.3, -0.25) is 19.3 Å². The zero-order chi connectivity index (χ0) is 19.6. The van der Waals surface area contributed by atoms with Crippen LogP contribution in [0.1, 0.15) is 29.8 Å². The van der Waals surface area contributed by atoms with Crippen LogP contribution in [0.15, 0.2) is 54.6 Å². The van der Waals surface area contributed by atoms with Gasteiger partial charge in [0.25, 0.3) is 5.91 Å². The summed E-state index contributed by atoms with van der Waals surface area (Å²) in [5.74, 6) is -1.27. The molecule has 3 rings (SSSR count). The number of anilines is 1. The molecule has 1 aliphatic rings. The topological polar surface area (TPSA) is 95.6 Å². The van der Waals surface area contributed by atoms with Crippen molar-refractivity contribution in [2.45, 2.75) is 19.4 Å². The van der Waals surface area contributed by atoms with E-state index in [9.17, 15) is 19.2 Å². The van der Waals surface area contributed by atoms with E-state index in [2.05, 4.69) is 10.6 Å². The highest BCUT2D eigenvalue weighted by atomic mass is 16.2. The van der Waals surface area contributed by atoms with E-state index in [0.717, 1.165) is 4.90 Å². The number of benzene rings is 2. The van der Waals surface area contributed by atoms with Gasteiger partial charge >= 0.3 is 6.03 Å². The summed E-state index contributed by atoms with van der Waals surface area (Å²) < 4.78 is 0. The normalized spacial score (nSPS) is 19.0. The Labute approximate surface area is 156 Å². The van der Waals surface area contributed by atoms with Gasteiger partial charge < -0.3 is 10.6 Å². The molecule has 27 heavy (non-hydrogen) atoms. The van der Waals surface area contributed by atoms with Crippen molar-refractivity contribution in [2.24, 2.45) is 0 Å². The number of rotatable bonds is 5. The van der Waals surface area contributed by atoms with Crippen LogP contribution < -0.4 is 10.6 Å². The lowest BCUT2D eigenvalue weighted by Gasteiger charge is -2.22. The number of hydrogen-bond donors (Lipinski definition) is 2.